The molecule has 0 bridgehead atoms. The zero-order valence-corrected chi connectivity index (χ0v) is 14.9. The van der Waals surface area contributed by atoms with E-state index in [1.54, 1.807) is 24.1 Å². The number of nitrogens with zero attached hydrogens (tertiary/aromatic N) is 2. The van der Waals surface area contributed by atoms with Gasteiger partial charge in [-0.25, -0.2) is 0 Å². The van der Waals surface area contributed by atoms with Crippen molar-refractivity contribution in [2.45, 2.75) is 6.54 Å². The summed E-state index contributed by atoms with van der Waals surface area (Å²) < 4.78 is 5.32. The van der Waals surface area contributed by atoms with Crippen LogP contribution < -0.4 is 4.90 Å². The molecule has 3 heterocycles. The van der Waals surface area contributed by atoms with Gasteiger partial charge in [0.1, 0.15) is 11.5 Å². The van der Waals surface area contributed by atoms with Gasteiger partial charge in [0.05, 0.1) is 18.4 Å². The van der Waals surface area contributed by atoms with Gasteiger partial charge in [-0.05, 0) is 35.7 Å². The van der Waals surface area contributed by atoms with Crippen molar-refractivity contribution in [2.75, 3.05) is 11.9 Å². The number of para-hydroxylation sites is 1. The van der Waals surface area contributed by atoms with Gasteiger partial charge in [-0.15, -0.1) is 11.3 Å². The molecule has 0 spiro atoms. The fourth-order valence-corrected chi connectivity index (χ4v) is 3.76. The molecule has 4 rings (SSSR count). The second kappa shape index (κ2) is 6.65. The van der Waals surface area contributed by atoms with E-state index in [0.717, 1.165) is 10.6 Å². The molecule has 0 aliphatic carbocycles. The van der Waals surface area contributed by atoms with Gasteiger partial charge in [-0.3, -0.25) is 14.5 Å². The maximum Gasteiger partial charge on any atom is 0.278 e. The minimum atomic E-state index is -0.318. The largest absolute Gasteiger partial charge is 0.467 e. The zero-order chi connectivity index (χ0) is 18.1. The smallest absolute Gasteiger partial charge is 0.278 e. The Balaban J connectivity index is 1.78. The van der Waals surface area contributed by atoms with Crippen molar-refractivity contribution in [1.82, 2.24) is 4.90 Å². The van der Waals surface area contributed by atoms with Crippen LogP contribution in [0.1, 0.15) is 10.6 Å². The Labute approximate surface area is 154 Å². The van der Waals surface area contributed by atoms with Crippen molar-refractivity contribution in [3.8, 4) is 0 Å². The SMILES string of the molecule is CN(C1=C(c2cccs2)C(=O)N(Cc2ccco2)C1=O)c1ccccc1. The van der Waals surface area contributed by atoms with Crippen LogP contribution in [0, 0.1) is 0 Å². The van der Waals surface area contributed by atoms with Crippen molar-refractivity contribution in [1.29, 1.82) is 0 Å². The van der Waals surface area contributed by atoms with Crippen LogP contribution in [0.4, 0.5) is 5.69 Å². The molecule has 0 atom stereocenters. The third kappa shape index (κ3) is 2.74. The van der Waals surface area contributed by atoms with E-state index in [9.17, 15) is 9.59 Å². The van der Waals surface area contributed by atoms with Gasteiger partial charge in [0.25, 0.3) is 11.8 Å². The van der Waals surface area contributed by atoms with Crippen LogP contribution in [0.2, 0.25) is 0 Å². The molecule has 0 saturated heterocycles. The Morgan fingerprint density at radius 1 is 1.00 bits per heavy atom. The van der Waals surface area contributed by atoms with Gasteiger partial charge >= 0.3 is 0 Å². The number of hydrogen-bond acceptors (Lipinski definition) is 5. The Hall–Kier alpha value is -3.12. The Morgan fingerprint density at radius 3 is 2.46 bits per heavy atom. The van der Waals surface area contributed by atoms with Gasteiger partial charge in [-0.1, -0.05) is 24.3 Å². The van der Waals surface area contributed by atoms with E-state index in [0.29, 0.717) is 17.0 Å². The number of amides is 2. The van der Waals surface area contributed by atoms with Crippen LogP contribution in [0.5, 0.6) is 0 Å². The minimum Gasteiger partial charge on any atom is -0.467 e. The maximum absolute atomic E-state index is 13.1. The zero-order valence-electron chi connectivity index (χ0n) is 14.1. The van der Waals surface area contributed by atoms with Gasteiger partial charge in [0.15, 0.2) is 0 Å². The molecular formula is C20H16N2O3S. The first kappa shape index (κ1) is 16.4. The van der Waals surface area contributed by atoms with E-state index < -0.39 is 0 Å². The number of thiophene rings is 1. The molecule has 1 aromatic carbocycles. The number of anilines is 1. The maximum atomic E-state index is 13.1. The van der Waals surface area contributed by atoms with Crippen LogP contribution in [0.25, 0.3) is 5.57 Å². The van der Waals surface area contributed by atoms with E-state index in [2.05, 4.69) is 0 Å². The highest BCUT2D eigenvalue weighted by Gasteiger charge is 2.41. The standard InChI is InChI=1S/C20H16N2O3S/c1-21(14-7-3-2-4-8-14)18-17(16-10-6-12-26-16)19(23)22(20(18)24)13-15-9-5-11-25-15/h2-12H,13H2,1H3. The van der Waals surface area contributed by atoms with Crippen molar-refractivity contribution in [2.24, 2.45) is 0 Å². The average molecular weight is 364 g/mol. The molecule has 26 heavy (non-hydrogen) atoms. The highest BCUT2D eigenvalue weighted by molar-refractivity contribution is 7.11. The average Bonchev–Trinajstić information content (AvgIpc) is 3.40. The number of hydrogen-bond donors (Lipinski definition) is 0. The molecule has 1 aliphatic rings. The summed E-state index contributed by atoms with van der Waals surface area (Å²) in [5.41, 5.74) is 1.66. The molecule has 2 aromatic heterocycles. The number of carbonyl (C=O) groups excluding carboxylic acids is 2. The lowest BCUT2D eigenvalue weighted by Gasteiger charge is -2.21. The first-order chi connectivity index (χ1) is 12.7. The molecule has 1 aliphatic heterocycles. The van der Waals surface area contributed by atoms with Gasteiger partial charge in [-0.2, -0.15) is 0 Å². The Kier molecular flexibility index (Phi) is 4.18. The van der Waals surface area contributed by atoms with Crippen molar-refractivity contribution in [3.63, 3.8) is 0 Å². The molecule has 0 fully saturated rings. The van der Waals surface area contributed by atoms with E-state index >= 15 is 0 Å². The summed E-state index contributed by atoms with van der Waals surface area (Å²) in [5.74, 6) is -0.0476. The first-order valence-corrected chi connectivity index (χ1v) is 9.00. The Bertz CT molecular complexity index is 960. The van der Waals surface area contributed by atoms with Crippen molar-refractivity contribution in [3.05, 3.63) is 82.6 Å². The fourth-order valence-electron chi connectivity index (χ4n) is 3.00. The second-order valence-corrected chi connectivity index (χ2v) is 6.82. The molecule has 6 heteroatoms. The normalized spacial score (nSPS) is 14.4. The molecule has 5 nitrogen and oxygen atoms in total. The predicted molar refractivity (Wildman–Crippen MR) is 100 cm³/mol. The third-order valence-corrected chi connectivity index (χ3v) is 5.17. The van der Waals surface area contributed by atoms with Gasteiger partial charge in [0.2, 0.25) is 0 Å². The summed E-state index contributed by atoms with van der Waals surface area (Å²) in [6.45, 7) is 0.117. The molecule has 0 N–H and O–H groups in total. The lowest BCUT2D eigenvalue weighted by molar-refractivity contribution is -0.137. The van der Waals surface area contributed by atoms with Crippen LogP contribution in [-0.2, 0) is 16.1 Å². The summed E-state index contributed by atoms with van der Waals surface area (Å²) >= 11 is 1.44. The topological polar surface area (TPSA) is 53.8 Å². The van der Waals surface area contributed by atoms with Crippen LogP contribution >= 0.6 is 11.3 Å². The summed E-state index contributed by atoms with van der Waals surface area (Å²) in [7, 11) is 1.81. The highest BCUT2D eigenvalue weighted by Crippen LogP contribution is 2.35. The number of imide groups is 1. The number of rotatable bonds is 5. The van der Waals surface area contributed by atoms with E-state index in [1.165, 1.54) is 22.5 Å². The van der Waals surface area contributed by atoms with E-state index in [4.69, 9.17) is 4.42 Å². The molecule has 2 amide bonds. The first-order valence-electron chi connectivity index (χ1n) is 8.12. The Morgan fingerprint density at radius 2 is 1.81 bits per heavy atom. The summed E-state index contributed by atoms with van der Waals surface area (Å²) in [6, 6.07) is 16.8. The molecular weight excluding hydrogens is 348 g/mol. The molecule has 130 valence electrons. The monoisotopic (exact) mass is 364 g/mol. The number of furan rings is 1. The molecule has 3 aromatic rings. The predicted octanol–water partition coefficient (Wildman–Crippen LogP) is 3.76. The quantitative estimate of drug-likeness (QED) is 0.647. The van der Waals surface area contributed by atoms with Crippen molar-refractivity contribution >= 4 is 34.4 Å². The van der Waals surface area contributed by atoms with E-state index in [1.807, 2.05) is 47.8 Å². The van der Waals surface area contributed by atoms with Gasteiger partial charge < -0.3 is 9.32 Å². The van der Waals surface area contributed by atoms with Crippen LogP contribution in [0.15, 0.2) is 76.4 Å². The fraction of sp³-hybridized carbons (Fsp3) is 0.100. The highest BCUT2D eigenvalue weighted by atomic mass is 32.1. The number of likely N-dealkylation sites (N-methyl/N-ethyl adjacent to an activating group) is 1. The summed E-state index contributed by atoms with van der Waals surface area (Å²) in [5, 5.41) is 1.90. The lowest BCUT2D eigenvalue weighted by Crippen LogP contribution is -2.33. The molecule has 0 saturated carbocycles. The number of benzene rings is 1. The molecule has 0 unspecified atom stereocenters. The second-order valence-electron chi connectivity index (χ2n) is 5.87. The van der Waals surface area contributed by atoms with Gasteiger partial charge in [0, 0.05) is 17.6 Å². The number of carbonyl (C=O) groups is 2. The van der Waals surface area contributed by atoms with Crippen LogP contribution in [-0.4, -0.2) is 23.8 Å². The minimum absolute atomic E-state index is 0.117. The summed E-state index contributed by atoms with van der Waals surface area (Å²) in [4.78, 5) is 30.0. The molecule has 0 radical (unpaired) electrons. The van der Waals surface area contributed by atoms with Crippen LogP contribution in [0.3, 0.4) is 0 Å². The third-order valence-electron chi connectivity index (χ3n) is 4.28. The van der Waals surface area contributed by atoms with Crippen molar-refractivity contribution < 1.29 is 14.0 Å². The lowest BCUT2D eigenvalue weighted by atomic mass is 10.1. The summed E-state index contributed by atoms with van der Waals surface area (Å²) in [6.07, 6.45) is 1.53. The van der Waals surface area contributed by atoms with E-state index in [-0.39, 0.29) is 18.4 Å².